The van der Waals surface area contributed by atoms with Gasteiger partial charge in [0.1, 0.15) is 12.1 Å². The normalized spacial score (nSPS) is 25.5. The predicted molar refractivity (Wildman–Crippen MR) is 118 cm³/mol. The van der Waals surface area contributed by atoms with E-state index in [-0.39, 0.29) is 35.0 Å². The van der Waals surface area contributed by atoms with Gasteiger partial charge in [0.05, 0.1) is 24.0 Å². The highest BCUT2D eigenvalue weighted by Gasteiger charge is 2.33. The lowest BCUT2D eigenvalue weighted by atomic mass is 9.87. The first kappa shape index (κ1) is 22.5. The van der Waals surface area contributed by atoms with E-state index in [9.17, 15) is 4.79 Å². The first-order valence-electron chi connectivity index (χ1n) is 10.1. The van der Waals surface area contributed by atoms with Gasteiger partial charge in [0.15, 0.2) is 5.65 Å². The number of fused-ring (bicyclic) bond motifs is 1. The molecule has 1 saturated carbocycles. The standard InChI is InChI=1S/C19H26Cl2N6O.ClH/c20-13-4-5-14(16(21)10-13)19(28)25-17-15-11-24-27(18(15)23-12-22-17)9-8-26-6-2-1-3-7-26;/h11-14,16H,1-10H2,(H,22,23,25,28);1H. The van der Waals surface area contributed by atoms with E-state index in [2.05, 4.69) is 25.3 Å². The highest BCUT2D eigenvalue weighted by atomic mass is 35.5. The molecule has 160 valence electrons. The van der Waals surface area contributed by atoms with Crippen LogP contribution in [0.3, 0.4) is 0 Å². The smallest absolute Gasteiger partial charge is 0.230 e. The molecule has 0 bridgehead atoms. The molecule has 7 nitrogen and oxygen atoms in total. The van der Waals surface area contributed by atoms with Crippen molar-refractivity contribution in [2.45, 2.75) is 55.8 Å². The second-order valence-corrected chi connectivity index (χ2v) is 8.93. The molecule has 3 unspecified atom stereocenters. The fraction of sp³-hybridized carbons (Fsp3) is 0.684. The Morgan fingerprint density at radius 3 is 2.69 bits per heavy atom. The van der Waals surface area contributed by atoms with Gasteiger partial charge in [-0.1, -0.05) is 6.42 Å². The number of nitrogens with zero attached hydrogens (tertiary/aromatic N) is 5. The number of hydrogen-bond acceptors (Lipinski definition) is 5. The van der Waals surface area contributed by atoms with Crippen molar-refractivity contribution in [2.75, 3.05) is 25.0 Å². The van der Waals surface area contributed by atoms with Gasteiger partial charge in [-0.3, -0.25) is 4.79 Å². The fourth-order valence-corrected chi connectivity index (χ4v) is 5.01. The zero-order valence-corrected chi connectivity index (χ0v) is 18.6. The molecule has 10 heteroatoms. The summed E-state index contributed by atoms with van der Waals surface area (Å²) >= 11 is 12.5. The topological polar surface area (TPSA) is 75.9 Å². The monoisotopic (exact) mass is 460 g/mol. The summed E-state index contributed by atoms with van der Waals surface area (Å²) in [5.74, 6) is 0.136. The third kappa shape index (κ3) is 5.32. The molecule has 1 aliphatic heterocycles. The van der Waals surface area contributed by atoms with Crippen molar-refractivity contribution in [3.05, 3.63) is 12.5 Å². The predicted octanol–water partition coefficient (Wildman–Crippen LogP) is 3.69. The molecule has 2 fully saturated rings. The number of carbonyl (C=O) groups excluding carboxylic acids is 1. The van der Waals surface area contributed by atoms with Gasteiger partial charge in [-0.05, 0) is 45.2 Å². The van der Waals surface area contributed by atoms with Gasteiger partial charge in [-0.15, -0.1) is 35.6 Å². The molecule has 0 spiro atoms. The molecule has 1 aliphatic carbocycles. The molecule has 29 heavy (non-hydrogen) atoms. The third-order valence-electron chi connectivity index (χ3n) is 5.80. The molecule has 1 saturated heterocycles. The minimum absolute atomic E-state index is 0. The van der Waals surface area contributed by atoms with Crippen LogP contribution in [-0.4, -0.2) is 60.9 Å². The summed E-state index contributed by atoms with van der Waals surface area (Å²) in [7, 11) is 0. The maximum atomic E-state index is 12.7. The SMILES string of the molecule is Cl.O=C(Nc1ncnc2c1cnn2CCN1CCCCC1)C1CCC(Cl)CC1Cl. The van der Waals surface area contributed by atoms with E-state index >= 15 is 0 Å². The number of piperidine rings is 1. The molecule has 2 aromatic rings. The molecule has 2 aliphatic rings. The van der Waals surface area contributed by atoms with Gasteiger partial charge >= 0.3 is 0 Å². The second kappa shape index (κ2) is 10.2. The third-order valence-corrected chi connectivity index (χ3v) is 6.68. The van der Waals surface area contributed by atoms with Gasteiger partial charge in [0.25, 0.3) is 0 Å². The number of likely N-dealkylation sites (tertiary alicyclic amines) is 1. The number of alkyl halides is 2. The summed E-state index contributed by atoms with van der Waals surface area (Å²) < 4.78 is 1.89. The van der Waals surface area contributed by atoms with Crippen LogP contribution in [0.5, 0.6) is 0 Å². The van der Waals surface area contributed by atoms with Crippen molar-refractivity contribution in [3.63, 3.8) is 0 Å². The van der Waals surface area contributed by atoms with Crippen molar-refractivity contribution in [1.82, 2.24) is 24.6 Å². The summed E-state index contributed by atoms with van der Waals surface area (Å²) in [5.41, 5.74) is 0.745. The van der Waals surface area contributed by atoms with E-state index < -0.39 is 0 Å². The van der Waals surface area contributed by atoms with Crippen LogP contribution < -0.4 is 5.32 Å². The summed E-state index contributed by atoms with van der Waals surface area (Å²) in [4.78, 5) is 23.9. The van der Waals surface area contributed by atoms with Crippen LogP contribution >= 0.6 is 35.6 Å². The lowest BCUT2D eigenvalue weighted by Crippen LogP contribution is -2.35. The Bertz CT molecular complexity index is 825. The van der Waals surface area contributed by atoms with Crippen LogP contribution in [0.2, 0.25) is 0 Å². The molecule has 0 radical (unpaired) electrons. The molecule has 0 aromatic carbocycles. The molecule has 3 atom stereocenters. The average Bonchev–Trinajstić information content (AvgIpc) is 3.11. The minimum atomic E-state index is -0.254. The van der Waals surface area contributed by atoms with Gasteiger partial charge in [0.2, 0.25) is 5.91 Å². The fourth-order valence-electron chi connectivity index (χ4n) is 4.15. The van der Waals surface area contributed by atoms with E-state index in [1.807, 2.05) is 4.68 Å². The maximum absolute atomic E-state index is 12.7. The first-order valence-corrected chi connectivity index (χ1v) is 11.0. The van der Waals surface area contributed by atoms with Gasteiger partial charge in [0, 0.05) is 17.3 Å². The van der Waals surface area contributed by atoms with Crippen LogP contribution in [0.1, 0.15) is 38.5 Å². The molecule has 3 heterocycles. The van der Waals surface area contributed by atoms with E-state index in [1.165, 1.54) is 25.6 Å². The lowest BCUT2D eigenvalue weighted by Gasteiger charge is -2.28. The van der Waals surface area contributed by atoms with Crippen LogP contribution in [0, 0.1) is 5.92 Å². The number of anilines is 1. The van der Waals surface area contributed by atoms with Gasteiger partial charge in [-0.2, -0.15) is 5.10 Å². The molecular weight excluding hydrogens is 435 g/mol. The number of carbonyl (C=O) groups is 1. The molecule has 1 amide bonds. The number of aromatic nitrogens is 4. The molecular formula is C19H27Cl3N6O. The van der Waals surface area contributed by atoms with Crippen molar-refractivity contribution < 1.29 is 4.79 Å². The van der Waals surface area contributed by atoms with Gasteiger partial charge < -0.3 is 10.2 Å². The number of hydrogen-bond donors (Lipinski definition) is 1. The maximum Gasteiger partial charge on any atom is 0.230 e. The quantitative estimate of drug-likeness (QED) is 0.687. The van der Waals surface area contributed by atoms with Crippen LogP contribution in [0.4, 0.5) is 5.82 Å². The summed E-state index contributed by atoms with van der Waals surface area (Å²) in [6, 6.07) is 0. The van der Waals surface area contributed by atoms with E-state index in [1.54, 1.807) is 6.20 Å². The van der Waals surface area contributed by atoms with Crippen molar-refractivity contribution >= 4 is 58.4 Å². The minimum Gasteiger partial charge on any atom is -0.310 e. The zero-order chi connectivity index (χ0) is 19.5. The van der Waals surface area contributed by atoms with Crippen LogP contribution in [0.25, 0.3) is 11.0 Å². The van der Waals surface area contributed by atoms with Crippen molar-refractivity contribution in [1.29, 1.82) is 0 Å². The largest absolute Gasteiger partial charge is 0.310 e. The Morgan fingerprint density at radius 2 is 1.93 bits per heavy atom. The van der Waals surface area contributed by atoms with Crippen molar-refractivity contribution in [2.24, 2.45) is 5.92 Å². The number of nitrogens with one attached hydrogen (secondary N) is 1. The van der Waals surface area contributed by atoms with E-state index in [0.717, 1.165) is 43.6 Å². The molecule has 4 rings (SSSR count). The summed E-state index contributed by atoms with van der Waals surface area (Å²) in [6.45, 7) is 4.04. The second-order valence-electron chi connectivity index (χ2n) is 7.75. The van der Waals surface area contributed by atoms with Crippen molar-refractivity contribution in [3.8, 4) is 0 Å². The number of halogens is 3. The first-order chi connectivity index (χ1) is 13.6. The van der Waals surface area contributed by atoms with E-state index in [0.29, 0.717) is 18.7 Å². The van der Waals surface area contributed by atoms with Crippen LogP contribution in [0.15, 0.2) is 12.5 Å². The number of amides is 1. The lowest BCUT2D eigenvalue weighted by molar-refractivity contribution is -0.120. The van der Waals surface area contributed by atoms with Crippen LogP contribution in [-0.2, 0) is 11.3 Å². The highest BCUT2D eigenvalue weighted by Crippen LogP contribution is 2.33. The Balaban J connectivity index is 0.00000240. The Morgan fingerprint density at radius 1 is 1.14 bits per heavy atom. The summed E-state index contributed by atoms with van der Waals surface area (Å²) in [5, 5.41) is 7.97. The zero-order valence-electron chi connectivity index (χ0n) is 16.3. The van der Waals surface area contributed by atoms with Gasteiger partial charge in [-0.25, -0.2) is 14.6 Å². The molecule has 2 aromatic heterocycles. The Hall–Kier alpha value is -1.15. The summed E-state index contributed by atoms with van der Waals surface area (Å²) in [6.07, 6.45) is 9.21. The Labute approximate surface area is 186 Å². The Kier molecular flexibility index (Phi) is 7.96. The average molecular weight is 462 g/mol. The highest BCUT2D eigenvalue weighted by molar-refractivity contribution is 6.25. The van der Waals surface area contributed by atoms with E-state index in [4.69, 9.17) is 23.2 Å². The number of rotatable bonds is 5. The molecule has 1 N–H and O–H groups in total.